The van der Waals surface area contributed by atoms with Gasteiger partial charge in [-0.05, 0) is 55.5 Å². The first kappa shape index (κ1) is 19.0. The summed E-state index contributed by atoms with van der Waals surface area (Å²) in [5.74, 6) is 0.850. The smallest absolute Gasteiger partial charge is 0.338 e. The monoisotopic (exact) mass is 398 g/mol. The number of esters is 1. The first-order chi connectivity index (χ1) is 14.7. The molecule has 3 fully saturated rings. The van der Waals surface area contributed by atoms with Gasteiger partial charge in [0.15, 0.2) is 0 Å². The number of para-hydroxylation sites is 1. The minimum Gasteiger partial charge on any atom is -0.452 e. The van der Waals surface area contributed by atoms with Crippen molar-refractivity contribution in [2.24, 2.45) is 11.8 Å². The minimum absolute atomic E-state index is 0.165. The van der Waals surface area contributed by atoms with Crippen molar-refractivity contribution in [3.63, 3.8) is 0 Å². The summed E-state index contributed by atoms with van der Waals surface area (Å²) in [6, 6.07) is 19.5. The number of aromatic nitrogens is 1. The zero-order valence-electron chi connectivity index (χ0n) is 17.0. The molecule has 3 aromatic rings. The molecule has 4 heterocycles. The van der Waals surface area contributed by atoms with Crippen LogP contribution in [0.2, 0.25) is 0 Å². The van der Waals surface area contributed by atoms with Gasteiger partial charge in [-0.15, -0.1) is 6.58 Å². The molecule has 0 spiro atoms. The first-order valence-corrected chi connectivity index (χ1v) is 10.7. The molecule has 2 bridgehead atoms. The van der Waals surface area contributed by atoms with Gasteiger partial charge in [0, 0.05) is 23.7 Å². The predicted octanol–water partition coefficient (Wildman–Crippen LogP) is 5.03. The Kier molecular flexibility index (Phi) is 5.09. The third kappa shape index (κ3) is 3.41. The van der Waals surface area contributed by atoms with Crippen LogP contribution in [-0.4, -0.2) is 35.0 Å². The maximum atomic E-state index is 13.1. The van der Waals surface area contributed by atoms with Gasteiger partial charge in [0.2, 0.25) is 0 Å². The van der Waals surface area contributed by atoms with Crippen molar-refractivity contribution in [3.05, 3.63) is 90.6 Å². The Hall–Kier alpha value is -2.98. The lowest BCUT2D eigenvalue weighted by Gasteiger charge is -2.51. The summed E-state index contributed by atoms with van der Waals surface area (Å²) in [5, 5.41) is 1.05. The molecule has 1 unspecified atom stereocenters. The Bertz CT molecular complexity index is 1060. The molecular formula is C26H26N2O2. The third-order valence-electron chi connectivity index (χ3n) is 6.74. The lowest BCUT2D eigenvalue weighted by molar-refractivity contribution is -0.0568. The lowest BCUT2D eigenvalue weighted by atomic mass is 9.73. The zero-order chi connectivity index (χ0) is 20.5. The zero-order valence-corrected chi connectivity index (χ0v) is 17.0. The van der Waals surface area contributed by atoms with Crippen LogP contribution in [0, 0.1) is 11.8 Å². The molecule has 0 N–H and O–H groups in total. The van der Waals surface area contributed by atoms with Crippen LogP contribution in [0.15, 0.2) is 79.5 Å². The van der Waals surface area contributed by atoms with Crippen molar-refractivity contribution >= 4 is 16.9 Å². The van der Waals surface area contributed by atoms with Crippen LogP contribution in [0.4, 0.5) is 0 Å². The van der Waals surface area contributed by atoms with E-state index in [2.05, 4.69) is 28.6 Å². The summed E-state index contributed by atoms with van der Waals surface area (Å²) in [5.41, 5.74) is 2.55. The van der Waals surface area contributed by atoms with Crippen LogP contribution in [0.3, 0.4) is 0 Å². The van der Waals surface area contributed by atoms with Gasteiger partial charge in [-0.25, -0.2) is 4.79 Å². The Morgan fingerprint density at radius 3 is 2.70 bits per heavy atom. The average molecular weight is 399 g/mol. The molecule has 5 atom stereocenters. The first-order valence-electron chi connectivity index (χ1n) is 10.7. The molecule has 0 radical (unpaired) electrons. The summed E-state index contributed by atoms with van der Waals surface area (Å²) in [6.07, 6.45) is 5.78. The molecule has 6 rings (SSSR count). The average Bonchev–Trinajstić information content (AvgIpc) is 2.83. The maximum Gasteiger partial charge on any atom is 0.338 e. The van der Waals surface area contributed by atoms with Gasteiger partial charge >= 0.3 is 5.97 Å². The highest BCUT2D eigenvalue weighted by Gasteiger charge is 2.44. The molecule has 0 amide bonds. The van der Waals surface area contributed by atoms with Crippen LogP contribution in [-0.2, 0) is 4.74 Å². The largest absolute Gasteiger partial charge is 0.452 e. The minimum atomic E-state index is -0.334. The Morgan fingerprint density at radius 1 is 1.13 bits per heavy atom. The van der Waals surface area contributed by atoms with Crippen molar-refractivity contribution in [1.82, 2.24) is 9.88 Å². The molecular weight excluding hydrogens is 372 g/mol. The van der Waals surface area contributed by atoms with Gasteiger partial charge < -0.3 is 4.74 Å². The predicted molar refractivity (Wildman–Crippen MR) is 118 cm³/mol. The topological polar surface area (TPSA) is 42.4 Å². The number of hydrogen-bond donors (Lipinski definition) is 0. The van der Waals surface area contributed by atoms with Gasteiger partial charge in [0.25, 0.3) is 0 Å². The van der Waals surface area contributed by atoms with Crippen LogP contribution in [0.1, 0.15) is 34.9 Å². The van der Waals surface area contributed by atoms with Crippen molar-refractivity contribution in [1.29, 1.82) is 0 Å². The van der Waals surface area contributed by atoms with Crippen LogP contribution >= 0.6 is 0 Å². The number of ether oxygens (including phenoxy) is 1. The van der Waals surface area contributed by atoms with Crippen molar-refractivity contribution < 1.29 is 9.53 Å². The van der Waals surface area contributed by atoms with Crippen molar-refractivity contribution in [2.45, 2.75) is 25.0 Å². The molecule has 2 aromatic carbocycles. The van der Waals surface area contributed by atoms with E-state index >= 15 is 0 Å². The molecule has 3 aliphatic rings. The quantitative estimate of drug-likeness (QED) is 0.447. The fourth-order valence-corrected chi connectivity index (χ4v) is 5.17. The molecule has 4 heteroatoms. The van der Waals surface area contributed by atoms with Gasteiger partial charge in [-0.2, -0.15) is 0 Å². The number of nitrogens with zero attached hydrogens (tertiary/aromatic N) is 2. The second-order valence-corrected chi connectivity index (χ2v) is 8.36. The van der Waals surface area contributed by atoms with Crippen molar-refractivity contribution in [3.8, 4) is 0 Å². The molecule has 0 saturated carbocycles. The summed E-state index contributed by atoms with van der Waals surface area (Å²) in [6.45, 7) is 6.07. The molecule has 152 valence electrons. The molecule has 4 nitrogen and oxygen atoms in total. The number of carbonyl (C=O) groups is 1. The van der Waals surface area contributed by atoms with E-state index < -0.39 is 0 Å². The van der Waals surface area contributed by atoms with E-state index in [1.807, 2.05) is 60.8 Å². The van der Waals surface area contributed by atoms with Crippen LogP contribution in [0.25, 0.3) is 10.9 Å². The number of carbonyl (C=O) groups excluding carboxylic acids is 1. The standard InChI is InChI=1S/C26H26N2O2/c1-2-18-17-28-15-13-20(18)16-24(28)25(30-26(29)19-8-4-3-5-9-19)22-12-14-27-23-11-7-6-10-21(22)23/h2-12,14,18,20,24-25H,1,13,15-17H2/t18-,20-,24+,25+/m0/s1. The normalized spacial score (nSPS) is 26.3. The highest BCUT2D eigenvalue weighted by molar-refractivity contribution is 5.90. The third-order valence-corrected chi connectivity index (χ3v) is 6.74. The SMILES string of the molecule is C=C[C@H]1CN2CC[C@H]1C[C@@H]2[C@H](OC(=O)c1ccccc1)c1ccnc2ccccc12. The molecule has 3 saturated heterocycles. The maximum absolute atomic E-state index is 13.1. The number of pyridine rings is 1. The fraction of sp³-hybridized carbons (Fsp3) is 0.308. The fourth-order valence-electron chi connectivity index (χ4n) is 5.17. The number of hydrogen-bond acceptors (Lipinski definition) is 4. The van der Waals surface area contributed by atoms with Gasteiger partial charge in [0.05, 0.1) is 17.1 Å². The molecule has 3 aliphatic heterocycles. The van der Waals surface area contributed by atoms with E-state index in [0.717, 1.165) is 36.0 Å². The summed E-state index contributed by atoms with van der Waals surface area (Å²) in [4.78, 5) is 20.1. The number of fused-ring (bicyclic) bond motifs is 4. The summed E-state index contributed by atoms with van der Waals surface area (Å²) < 4.78 is 6.26. The van der Waals surface area contributed by atoms with Crippen LogP contribution in [0.5, 0.6) is 0 Å². The van der Waals surface area contributed by atoms with E-state index in [9.17, 15) is 4.79 Å². The Morgan fingerprint density at radius 2 is 1.93 bits per heavy atom. The Balaban J connectivity index is 1.54. The van der Waals surface area contributed by atoms with E-state index in [1.54, 1.807) is 0 Å². The van der Waals surface area contributed by atoms with Crippen LogP contribution < -0.4 is 0 Å². The highest BCUT2D eigenvalue weighted by Crippen LogP contribution is 2.43. The second kappa shape index (κ2) is 8.04. The number of piperidine rings is 3. The number of benzene rings is 2. The second-order valence-electron chi connectivity index (χ2n) is 8.36. The molecule has 1 aromatic heterocycles. The molecule has 30 heavy (non-hydrogen) atoms. The van der Waals surface area contributed by atoms with Gasteiger partial charge in [-0.3, -0.25) is 9.88 Å². The van der Waals surface area contributed by atoms with Gasteiger partial charge in [-0.1, -0.05) is 42.5 Å². The van der Waals surface area contributed by atoms with E-state index in [4.69, 9.17) is 4.74 Å². The number of rotatable bonds is 5. The van der Waals surface area contributed by atoms with E-state index in [-0.39, 0.29) is 18.1 Å². The lowest BCUT2D eigenvalue weighted by Crippen LogP contribution is -2.55. The Labute approximate surface area is 177 Å². The van der Waals surface area contributed by atoms with Gasteiger partial charge in [0.1, 0.15) is 6.10 Å². The summed E-state index contributed by atoms with van der Waals surface area (Å²) >= 11 is 0. The highest BCUT2D eigenvalue weighted by atomic mass is 16.5. The van der Waals surface area contributed by atoms with E-state index in [1.165, 1.54) is 6.42 Å². The van der Waals surface area contributed by atoms with Crippen molar-refractivity contribution in [2.75, 3.05) is 13.1 Å². The summed E-state index contributed by atoms with van der Waals surface area (Å²) in [7, 11) is 0. The molecule has 0 aliphatic carbocycles. The van der Waals surface area contributed by atoms with E-state index in [0.29, 0.717) is 17.4 Å².